The van der Waals surface area contributed by atoms with Crippen molar-refractivity contribution in [3.63, 3.8) is 0 Å². The van der Waals surface area contributed by atoms with E-state index in [0.717, 1.165) is 11.1 Å². The predicted octanol–water partition coefficient (Wildman–Crippen LogP) is 2.52. The lowest BCUT2D eigenvalue weighted by Crippen LogP contribution is -2.43. The number of hydrogen-bond donors (Lipinski definition) is 2. The van der Waals surface area contributed by atoms with Crippen molar-refractivity contribution in [2.45, 2.75) is 19.8 Å². The molecule has 2 amide bonds. The van der Waals surface area contributed by atoms with Gasteiger partial charge in [0.05, 0.1) is 11.9 Å². The number of H-pyrrole nitrogens is 1. The Kier molecular flexibility index (Phi) is 5.41. The number of amides is 2. The number of fused-ring (bicyclic) bond motifs is 1. The normalized spacial score (nSPS) is 14.7. The van der Waals surface area contributed by atoms with Crippen LogP contribution in [0.4, 0.5) is 5.69 Å². The number of rotatable bonds is 5. The number of para-hydroxylation sites is 1. The molecule has 1 aromatic carbocycles. The van der Waals surface area contributed by atoms with Crippen LogP contribution < -0.4 is 10.1 Å². The van der Waals surface area contributed by atoms with E-state index < -0.39 is 0 Å². The number of anilines is 1. The highest BCUT2D eigenvalue weighted by Gasteiger charge is 2.27. The third kappa shape index (κ3) is 4.37. The van der Waals surface area contributed by atoms with Gasteiger partial charge in [-0.1, -0.05) is 18.2 Å². The molecule has 0 atom stereocenters. The van der Waals surface area contributed by atoms with Crippen LogP contribution in [0.2, 0.25) is 0 Å². The number of nitrogens with zero attached hydrogens (tertiary/aromatic N) is 3. The van der Waals surface area contributed by atoms with Gasteiger partial charge in [-0.3, -0.25) is 14.7 Å². The molecule has 0 bridgehead atoms. The smallest absolute Gasteiger partial charge is 0.260 e. The summed E-state index contributed by atoms with van der Waals surface area (Å²) in [6.45, 7) is 3.02. The second kappa shape index (κ2) is 8.30. The first-order valence-electron chi connectivity index (χ1n) is 9.67. The highest BCUT2D eigenvalue weighted by molar-refractivity contribution is 5.94. The second-order valence-electron chi connectivity index (χ2n) is 7.19. The van der Waals surface area contributed by atoms with Gasteiger partial charge < -0.3 is 15.0 Å². The van der Waals surface area contributed by atoms with Crippen LogP contribution in [-0.4, -0.2) is 51.6 Å². The summed E-state index contributed by atoms with van der Waals surface area (Å²) in [5.74, 6) is 0.446. The maximum absolute atomic E-state index is 12.6. The van der Waals surface area contributed by atoms with E-state index in [1.165, 1.54) is 0 Å². The maximum atomic E-state index is 12.6. The summed E-state index contributed by atoms with van der Waals surface area (Å²) in [5.41, 5.74) is 2.19. The van der Waals surface area contributed by atoms with Crippen LogP contribution in [-0.2, 0) is 9.59 Å². The van der Waals surface area contributed by atoms with Gasteiger partial charge in [0, 0.05) is 30.1 Å². The van der Waals surface area contributed by atoms with E-state index in [1.54, 1.807) is 11.1 Å². The van der Waals surface area contributed by atoms with E-state index in [9.17, 15) is 9.59 Å². The van der Waals surface area contributed by atoms with Gasteiger partial charge in [0.1, 0.15) is 5.75 Å². The molecule has 0 aliphatic carbocycles. The summed E-state index contributed by atoms with van der Waals surface area (Å²) in [6, 6.07) is 11.1. The molecule has 8 heteroatoms. The summed E-state index contributed by atoms with van der Waals surface area (Å²) in [7, 11) is 0. The predicted molar refractivity (Wildman–Crippen MR) is 108 cm³/mol. The molecule has 0 radical (unpaired) electrons. The Bertz CT molecular complexity index is 1010. The summed E-state index contributed by atoms with van der Waals surface area (Å²) in [6.07, 6.45) is 2.87. The molecule has 1 aliphatic rings. The van der Waals surface area contributed by atoms with E-state index >= 15 is 0 Å². The number of benzene rings is 1. The lowest BCUT2D eigenvalue weighted by molar-refractivity contribution is -0.136. The largest absolute Gasteiger partial charge is 0.484 e. The van der Waals surface area contributed by atoms with E-state index in [4.69, 9.17) is 4.74 Å². The summed E-state index contributed by atoms with van der Waals surface area (Å²) < 4.78 is 5.53. The van der Waals surface area contributed by atoms with Crippen LogP contribution in [0.1, 0.15) is 18.5 Å². The zero-order valence-electron chi connectivity index (χ0n) is 16.2. The van der Waals surface area contributed by atoms with Crippen LogP contribution in [0.5, 0.6) is 5.75 Å². The molecule has 2 N–H and O–H groups in total. The van der Waals surface area contributed by atoms with Crippen molar-refractivity contribution in [1.29, 1.82) is 0 Å². The number of piperidine rings is 1. The summed E-state index contributed by atoms with van der Waals surface area (Å²) in [5, 5.41) is 10.8. The van der Waals surface area contributed by atoms with Crippen LogP contribution in [0.3, 0.4) is 0 Å². The topological polar surface area (TPSA) is 100 Å². The van der Waals surface area contributed by atoms with Crippen LogP contribution in [0, 0.1) is 12.8 Å². The first-order chi connectivity index (χ1) is 14.1. The molecule has 150 valence electrons. The molecule has 1 aliphatic heterocycles. The number of aromatic amines is 1. The zero-order valence-corrected chi connectivity index (χ0v) is 16.2. The maximum Gasteiger partial charge on any atom is 0.260 e. The second-order valence-corrected chi connectivity index (χ2v) is 7.19. The molecule has 3 aromatic rings. The van der Waals surface area contributed by atoms with Gasteiger partial charge in [0.25, 0.3) is 5.91 Å². The third-order valence-corrected chi connectivity index (χ3v) is 5.19. The standard InChI is InChI=1S/C21H23N5O3/c1-14-18-11-16(12-22-20(18)25-24-14)23-21(28)15-7-9-26(10-8-15)19(27)13-29-17-5-3-2-4-6-17/h2-6,11-12,15H,7-10,13H2,1H3,(H,23,28)(H,22,24,25). The van der Waals surface area contributed by atoms with E-state index in [-0.39, 0.29) is 24.3 Å². The van der Waals surface area contributed by atoms with Crippen LogP contribution in [0.25, 0.3) is 11.0 Å². The molecule has 3 heterocycles. The lowest BCUT2D eigenvalue weighted by atomic mass is 9.96. The summed E-state index contributed by atoms with van der Waals surface area (Å²) in [4.78, 5) is 31.0. The van der Waals surface area contributed by atoms with Crippen LogP contribution in [0.15, 0.2) is 42.6 Å². The fourth-order valence-corrected chi connectivity index (χ4v) is 3.48. The Hall–Kier alpha value is -3.42. The lowest BCUT2D eigenvalue weighted by Gasteiger charge is -2.31. The molecule has 4 rings (SSSR count). The number of ether oxygens (including phenoxy) is 1. The third-order valence-electron chi connectivity index (χ3n) is 5.19. The number of carbonyl (C=O) groups excluding carboxylic acids is 2. The molecular formula is C21H23N5O3. The molecule has 0 spiro atoms. The number of carbonyl (C=O) groups is 2. The number of pyridine rings is 1. The fraction of sp³-hybridized carbons (Fsp3) is 0.333. The minimum Gasteiger partial charge on any atom is -0.484 e. The van der Waals surface area contributed by atoms with Gasteiger partial charge in [0.2, 0.25) is 5.91 Å². The minimum absolute atomic E-state index is 0.0105. The van der Waals surface area contributed by atoms with Crippen molar-refractivity contribution in [1.82, 2.24) is 20.1 Å². The van der Waals surface area contributed by atoms with E-state index in [1.807, 2.05) is 43.3 Å². The molecule has 8 nitrogen and oxygen atoms in total. The SMILES string of the molecule is Cc1[nH]nc2ncc(NC(=O)C3CCN(C(=O)COc4ccccc4)CC3)cc12. The first-order valence-corrected chi connectivity index (χ1v) is 9.67. The fourth-order valence-electron chi connectivity index (χ4n) is 3.48. The molecule has 1 fully saturated rings. The number of hydrogen-bond acceptors (Lipinski definition) is 5. The average molecular weight is 393 g/mol. The molecule has 29 heavy (non-hydrogen) atoms. The molecular weight excluding hydrogens is 370 g/mol. The van der Waals surface area contributed by atoms with Crippen molar-refractivity contribution in [2.24, 2.45) is 5.92 Å². The van der Waals surface area contributed by atoms with Crippen LogP contribution >= 0.6 is 0 Å². The van der Waals surface area contributed by atoms with Crippen molar-refractivity contribution in [3.8, 4) is 5.75 Å². The summed E-state index contributed by atoms with van der Waals surface area (Å²) >= 11 is 0. The van der Waals surface area contributed by atoms with Crippen molar-refractivity contribution in [2.75, 3.05) is 25.0 Å². The quantitative estimate of drug-likeness (QED) is 0.694. The van der Waals surface area contributed by atoms with Gasteiger partial charge in [0.15, 0.2) is 12.3 Å². The van der Waals surface area contributed by atoms with Gasteiger partial charge in [-0.05, 0) is 38.0 Å². The highest BCUT2D eigenvalue weighted by Crippen LogP contribution is 2.22. The highest BCUT2D eigenvalue weighted by atomic mass is 16.5. The van der Waals surface area contributed by atoms with Crippen molar-refractivity contribution >= 4 is 28.5 Å². The molecule has 1 saturated heterocycles. The van der Waals surface area contributed by atoms with Crippen molar-refractivity contribution < 1.29 is 14.3 Å². The Labute approximate surface area is 168 Å². The number of aromatic nitrogens is 3. The number of aryl methyl sites for hydroxylation is 1. The zero-order chi connectivity index (χ0) is 20.2. The molecule has 0 unspecified atom stereocenters. The van der Waals surface area contributed by atoms with Gasteiger partial charge in [-0.25, -0.2) is 4.98 Å². The Morgan fingerprint density at radius 1 is 1.24 bits per heavy atom. The van der Waals surface area contributed by atoms with E-state index in [2.05, 4.69) is 20.5 Å². The molecule has 2 aromatic heterocycles. The van der Waals surface area contributed by atoms with E-state index in [0.29, 0.717) is 43.0 Å². The number of likely N-dealkylation sites (tertiary alicyclic amines) is 1. The minimum atomic E-state index is -0.129. The molecule has 0 saturated carbocycles. The first kappa shape index (κ1) is 18.9. The Morgan fingerprint density at radius 3 is 2.76 bits per heavy atom. The van der Waals surface area contributed by atoms with Gasteiger partial charge >= 0.3 is 0 Å². The monoisotopic (exact) mass is 393 g/mol. The van der Waals surface area contributed by atoms with Crippen molar-refractivity contribution in [3.05, 3.63) is 48.3 Å². The average Bonchev–Trinajstić information content (AvgIpc) is 3.13. The Morgan fingerprint density at radius 2 is 2.00 bits per heavy atom. The Balaban J connectivity index is 1.27. The number of nitrogens with one attached hydrogen (secondary N) is 2. The van der Waals surface area contributed by atoms with Gasteiger partial charge in [-0.15, -0.1) is 0 Å². The van der Waals surface area contributed by atoms with Gasteiger partial charge in [-0.2, -0.15) is 5.10 Å².